The first kappa shape index (κ1) is 12.4. The molecule has 2 rings (SSSR count). The molecule has 0 aromatic carbocycles. The van der Waals surface area contributed by atoms with Gasteiger partial charge in [-0.05, 0) is 31.6 Å². The number of carbonyl (C=O) groups is 1. The number of rotatable bonds is 2. The van der Waals surface area contributed by atoms with E-state index in [2.05, 4.69) is 29.5 Å². The third-order valence-corrected chi connectivity index (χ3v) is 3.88. The highest BCUT2D eigenvalue weighted by molar-refractivity contribution is 6.09. The SMILES string of the molecule is CCCN=C1NC(=O)C2(CCCC(C)CC2)N1. The van der Waals surface area contributed by atoms with Gasteiger partial charge in [0.2, 0.25) is 0 Å². The van der Waals surface area contributed by atoms with Gasteiger partial charge in [-0.15, -0.1) is 0 Å². The average molecular weight is 237 g/mol. The summed E-state index contributed by atoms with van der Waals surface area (Å²) in [4.78, 5) is 16.5. The predicted molar refractivity (Wildman–Crippen MR) is 68.9 cm³/mol. The number of hydrogen-bond donors (Lipinski definition) is 2. The van der Waals surface area contributed by atoms with Gasteiger partial charge < -0.3 is 5.32 Å². The maximum atomic E-state index is 12.1. The molecule has 2 unspecified atom stereocenters. The first-order chi connectivity index (χ1) is 8.16. The van der Waals surface area contributed by atoms with E-state index in [1.165, 1.54) is 6.42 Å². The molecule has 1 saturated carbocycles. The lowest BCUT2D eigenvalue weighted by molar-refractivity contribution is -0.124. The highest BCUT2D eigenvalue weighted by atomic mass is 16.2. The van der Waals surface area contributed by atoms with Gasteiger partial charge in [0.25, 0.3) is 5.91 Å². The number of nitrogens with one attached hydrogen (secondary N) is 2. The van der Waals surface area contributed by atoms with Crippen molar-refractivity contribution in [2.24, 2.45) is 10.9 Å². The van der Waals surface area contributed by atoms with Crippen LogP contribution >= 0.6 is 0 Å². The topological polar surface area (TPSA) is 53.5 Å². The lowest BCUT2D eigenvalue weighted by Crippen LogP contribution is -2.46. The van der Waals surface area contributed by atoms with Gasteiger partial charge in [-0.1, -0.05) is 26.7 Å². The summed E-state index contributed by atoms with van der Waals surface area (Å²) in [6.07, 6.45) is 6.37. The van der Waals surface area contributed by atoms with Crippen molar-refractivity contribution >= 4 is 11.9 Å². The van der Waals surface area contributed by atoms with E-state index in [4.69, 9.17) is 0 Å². The Bertz CT molecular complexity index is 327. The minimum Gasteiger partial charge on any atom is -0.342 e. The number of guanidine groups is 1. The van der Waals surface area contributed by atoms with E-state index in [0.717, 1.165) is 44.6 Å². The van der Waals surface area contributed by atoms with Crippen LogP contribution in [0.5, 0.6) is 0 Å². The van der Waals surface area contributed by atoms with Crippen LogP contribution in [0, 0.1) is 5.92 Å². The molecule has 0 radical (unpaired) electrons. The van der Waals surface area contributed by atoms with Crippen molar-refractivity contribution < 1.29 is 4.79 Å². The van der Waals surface area contributed by atoms with Crippen molar-refractivity contribution in [3.8, 4) is 0 Å². The molecule has 1 heterocycles. The van der Waals surface area contributed by atoms with Gasteiger partial charge in [0.05, 0.1) is 0 Å². The van der Waals surface area contributed by atoms with E-state index in [0.29, 0.717) is 5.96 Å². The summed E-state index contributed by atoms with van der Waals surface area (Å²) in [5, 5.41) is 6.23. The number of carbonyl (C=O) groups excluding carboxylic acids is 1. The Morgan fingerprint density at radius 2 is 2.24 bits per heavy atom. The second-order valence-electron chi connectivity index (χ2n) is 5.43. The second-order valence-corrected chi connectivity index (χ2v) is 5.43. The quantitative estimate of drug-likeness (QED) is 0.769. The molecule has 1 amide bonds. The molecule has 2 N–H and O–H groups in total. The second kappa shape index (κ2) is 5.07. The third-order valence-electron chi connectivity index (χ3n) is 3.88. The summed E-state index contributed by atoms with van der Waals surface area (Å²) >= 11 is 0. The Morgan fingerprint density at radius 3 is 3.00 bits per heavy atom. The molecule has 1 spiro atoms. The van der Waals surface area contributed by atoms with E-state index in [1.54, 1.807) is 0 Å². The van der Waals surface area contributed by atoms with Gasteiger partial charge in [-0.2, -0.15) is 0 Å². The van der Waals surface area contributed by atoms with Crippen LogP contribution in [0.25, 0.3) is 0 Å². The molecule has 17 heavy (non-hydrogen) atoms. The first-order valence-corrected chi connectivity index (χ1v) is 6.80. The minimum atomic E-state index is -0.364. The molecule has 1 saturated heterocycles. The van der Waals surface area contributed by atoms with Gasteiger partial charge in [0, 0.05) is 6.54 Å². The van der Waals surface area contributed by atoms with Crippen molar-refractivity contribution in [3.63, 3.8) is 0 Å². The van der Waals surface area contributed by atoms with Gasteiger partial charge in [-0.3, -0.25) is 15.1 Å². The molecule has 4 nitrogen and oxygen atoms in total. The predicted octanol–water partition coefficient (Wildman–Crippen LogP) is 1.81. The molecular formula is C13H23N3O. The zero-order chi connectivity index (χ0) is 12.3. The Kier molecular flexibility index (Phi) is 3.69. The average Bonchev–Trinajstić information content (AvgIpc) is 2.47. The lowest BCUT2D eigenvalue weighted by Gasteiger charge is -2.24. The van der Waals surface area contributed by atoms with Crippen LogP contribution < -0.4 is 10.6 Å². The zero-order valence-electron chi connectivity index (χ0n) is 10.9. The van der Waals surface area contributed by atoms with Crippen LogP contribution in [-0.4, -0.2) is 24.0 Å². The number of amides is 1. The Labute approximate surface area is 103 Å². The number of nitrogens with zero attached hydrogens (tertiary/aromatic N) is 1. The van der Waals surface area contributed by atoms with Crippen LogP contribution in [0.3, 0.4) is 0 Å². The van der Waals surface area contributed by atoms with E-state index in [1.807, 2.05) is 0 Å². The van der Waals surface area contributed by atoms with Gasteiger partial charge in [0.15, 0.2) is 5.96 Å². The zero-order valence-corrected chi connectivity index (χ0v) is 10.9. The van der Waals surface area contributed by atoms with E-state index in [9.17, 15) is 4.79 Å². The molecule has 4 heteroatoms. The Balaban J connectivity index is 2.07. The Morgan fingerprint density at radius 1 is 1.41 bits per heavy atom. The number of aliphatic imine (C=N–C) groups is 1. The highest BCUT2D eigenvalue weighted by Gasteiger charge is 2.45. The molecule has 0 aromatic rings. The van der Waals surface area contributed by atoms with Crippen LogP contribution in [0.15, 0.2) is 4.99 Å². The molecule has 96 valence electrons. The summed E-state index contributed by atoms with van der Waals surface area (Å²) in [5.41, 5.74) is -0.364. The molecule has 1 aliphatic carbocycles. The van der Waals surface area contributed by atoms with Gasteiger partial charge >= 0.3 is 0 Å². The van der Waals surface area contributed by atoms with Crippen molar-refractivity contribution in [1.82, 2.24) is 10.6 Å². The summed E-state index contributed by atoms with van der Waals surface area (Å²) in [6, 6.07) is 0. The van der Waals surface area contributed by atoms with Crippen molar-refractivity contribution in [3.05, 3.63) is 0 Å². The van der Waals surface area contributed by atoms with Crippen LogP contribution in [0.2, 0.25) is 0 Å². The minimum absolute atomic E-state index is 0.126. The summed E-state index contributed by atoms with van der Waals surface area (Å²) in [6.45, 7) is 5.14. The molecule has 2 atom stereocenters. The normalized spacial score (nSPS) is 35.8. The summed E-state index contributed by atoms with van der Waals surface area (Å²) in [7, 11) is 0. The fourth-order valence-electron chi connectivity index (χ4n) is 2.71. The standard InChI is InChI=1S/C13H23N3O/c1-3-9-14-12-15-11(17)13(16-12)7-4-5-10(2)6-8-13/h10H,3-9H2,1-2H3,(H2,14,15,16,17). The van der Waals surface area contributed by atoms with Crippen LogP contribution in [0.4, 0.5) is 0 Å². The number of hydrogen-bond acceptors (Lipinski definition) is 2. The molecular weight excluding hydrogens is 214 g/mol. The van der Waals surface area contributed by atoms with E-state index >= 15 is 0 Å². The van der Waals surface area contributed by atoms with Crippen molar-refractivity contribution in [2.75, 3.05) is 6.54 Å². The van der Waals surface area contributed by atoms with Gasteiger partial charge in [0.1, 0.15) is 5.54 Å². The molecule has 1 aliphatic heterocycles. The maximum absolute atomic E-state index is 12.1. The van der Waals surface area contributed by atoms with E-state index in [-0.39, 0.29) is 11.4 Å². The largest absolute Gasteiger partial charge is 0.342 e. The van der Waals surface area contributed by atoms with Crippen LogP contribution in [0.1, 0.15) is 52.4 Å². The van der Waals surface area contributed by atoms with Gasteiger partial charge in [-0.25, -0.2) is 0 Å². The molecule has 2 fully saturated rings. The fraction of sp³-hybridized carbons (Fsp3) is 0.846. The smallest absolute Gasteiger partial charge is 0.252 e. The Hall–Kier alpha value is -1.06. The highest BCUT2D eigenvalue weighted by Crippen LogP contribution is 2.32. The summed E-state index contributed by atoms with van der Waals surface area (Å²) < 4.78 is 0. The monoisotopic (exact) mass is 237 g/mol. The molecule has 2 aliphatic rings. The first-order valence-electron chi connectivity index (χ1n) is 6.80. The lowest BCUT2D eigenvalue weighted by atomic mass is 9.90. The van der Waals surface area contributed by atoms with Crippen molar-refractivity contribution in [2.45, 2.75) is 57.9 Å². The summed E-state index contributed by atoms with van der Waals surface area (Å²) in [5.74, 6) is 1.55. The van der Waals surface area contributed by atoms with E-state index < -0.39 is 0 Å². The maximum Gasteiger partial charge on any atom is 0.252 e. The third kappa shape index (κ3) is 2.61. The van der Waals surface area contributed by atoms with Crippen LogP contribution in [-0.2, 0) is 4.79 Å². The molecule has 0 aromatic heterocycles. The molecule has 0 bridgehead atoms. The fourth-order valence-corrected chi connectivity index (χ4v) is 2.71. The van der Waals surface area contributed by atoms with Crippen molar-refractivity contribution in [1.29, 1.82) is 0 Å².